The molecule has 41 heavy (non-hydrogen) atoms. The van der Waals surface area contributed by atoms with E-state index in [1.807, 2.05) is 54.6 Å². The van der Waals surface area contributed by atoms with Crippen LogP contribution in [0.3, 0.4) is 0 Å². The Morgan fingerprint density at radius 1 is 0.976 bits per heavy atom. The molecule has 4 rings (SSSR count). The lowest BCUT2D eigenvalue weighted by molar-refractivity contribution is 0.243. The zero-order chi connectivity index (χ0) is 29.1. The van der Waals surface area contributed by atoms with Gasteiger partial charge in [0.1, 0.15) is 16.6 Å². The van der Waals surface area contributed by atoms with Gasteiger partial charge in [-0.3, -0.25) is 0 Å². The van der Waals surface area contributed by atoms with Crippen LogP contribution in [0.2, 0.25) is 0 Å². The van der Waals surface area contributed by atoms with E-state index in [0.717, 1.165) is 74.0 Å². The lowest BCUT2D eigenvalue weighted by Gasteiger charge is -2.18. The Morgan fingerprint density at radius 2 is 1.80 bits per heavy atom. The topological polar surface area (TPSA) is 59.1 Å². The molecule has 0 radical (unpaired) electrons. The maximum Gasteiger partial charge on any atom is 0.194 e. The quantitative estimate of drug-likeness (QED) is 0.0797. The van der Waals surface area contributed by atoms with Crippen LogP contribution in [0.15, 0.2) is 91.0 Å². The first-order valence-corrected chi connectivity index (χ1v) is 16.3. The molecule has 0 aliphatic heterocycles. The zero-order valence-corrected chi connectivity index (χ0v) is 26.4. The van der Waals surface area contributed by atoms with Crippen molar-refractivity contribution in [2.75, 3.05) is 21.8 Å². The molecule has 0 saturated heterocycles. The average Bonchev–Trinajstić information content (AvgIpc) is 3.40. The number of unbranched alkanes of at least 4 members (excludes halogenated alkanes) is 1. The second-order valence-corrected chi connectivity index (χ2v) is 13.3. The van der Waals surface area contributed by atoms with Gasteiger partial charge in [-0.2, -0.15) is 0 Å². The zero-order valence-electron chi connectivity index (χ0n) is 24.0. The Balaban J connectivity index is 1.55. The number of anilines is 2. The van der Waals surface area contributed by atoms with Crippen LogP contribution in [-0.2, 0) is 0 Å². The fraction of sp³-hybridized carbons (Fsp3) is 0.273. The van der Waals surface area contributed by atoms with Crippen molar-refractivity contribution in [2.24, 2.45) is 5.41 Å². The second kappa shape index (κ2) is 15.1. The number of ether oxygens (including phenoxy) is 1. The van der Waals surface area contributed by atoms with E-state index in [1.165, 1.54) is 11.9 Å². The molecule has 0 bridgehead atoms. The van der Waals surface area contributed by atoms with Crippen molar-refractivity contribution >= 4 is 52.3 Å². The minimum atomic E-state index is 0.226. The molecule has 0 fully saturated rings. The van der Waals surface area contributed by atoms with E-state index >= 15 is 0 Å². The molecule has 5 nitrogen and oxygen atoms in total. The van der Waals surface area contributed by atoms with Crippen molar-refractivity contribution in [1.82, 2.24) is 9.97 Å². The SMILES string of the molecule is C=CCCCSNc1cccc(SNc2nc(-c3ccccc3C=C)c(-c3cccc(OCCC(C)(C)C)c3)s2)n1. The van der Waals surface area contributed by atoms with Crippen LogP contribution in [0.1, 0.15) is 45.6 Å². The molecule has 2 aromatic carbocycles. The van der Waals surface area contributed by atoms with Gasteiger partial charge < -0.3 is 14.2 Å². The van der Waals surface area contributed by atoms with Gasteiger partial charge in [-0.05, 0) is 60.1 Å². The highest BCUT2D eigenvalue weighted by Crippen LogP contribution is 2.42. The molecule has 2 N–H and O–H groups in total. The van der Waals surface area contributed by atoms with E-state index in [2.05, 4.69) is 67.6 Å². The smallest absolute Gasteiger partial charge is 0.194 e. The van der Waals surface area contributed by atoms with Gasteiger partial charge in [0.05, 0.1) is 17.2 Å². The molecule has 214 valence electrons. The van der Waals surface area contributed by atoms with Gasteiger partial charge in [0.25, 0.3) is 0 Å². The summed E-state index contributed by atoms with van der Waals surface area (Å²) in [4.78, 5) is 10.9. The fourth-order valence-electron chi connectivity index (χ4n) is 3.88. The number of hydrogen-bond donors (Lipinski definition) is 2. The summed E-state index contributed by atoms with van der Waals surface area (Å²) in [5.74, 6) is 2.70. The first-order valence-electron chi connectivity index (χ1n) is 13.7. The van der Waals surface area contributed by atoms with E-state index in [9.17, 15) is 0 Å². The minimum Gasteiger partial charge on any atom is -0.494 e. The molecule has 0 aliphatic rings. The third kappa shape index (κ3) is 9.42. The average molecular weight is 603 g/mol. The van der Waals surface area contributed by atoms with Gasteiger partial charge in [0, 0.05) is 23.3 Å². The number of allylic oxidation sites excluding steroid dienone is 1. The number of pyridine rings is 1. The van der Waals surface area contributed by atoms with Crippen molar-refractivity contribution < 1.29 is 4.74 Å². The highest BCUT2D eigenvalue weighted by molar-refractivity contribution is 8.01. The highest BCUT2D eigenvalue weighted by atomic mass is 32.2. The molecule has 2 aromatic heterocycles. The highest BCUT2D eigenvalue weighted by Gasteiger charge is 2.18. The van der Waals surface area contributed by atoms with Crippen molar-refractivity contribution in [2.45, 2.75) is 45.1 Å². The lowest BCUT2D eigenvalue weighted by Crippen LogP contribution is -2.11. The maximum atomic E-state index is 6.13. The van der Waals surface area contributed by atoms with Gasteiger partial charge in [-0.25, -0.2) is 9.97 Å². The van der Waals surface area contributed by atoms with Crippen LogP contribution in [0, 0.1) is 5.41 Å². The second-order valence-electron chi connectivity index (χ2n) is 10.6. The summed E-state index contributed by atoms with van der Waals surface area (Å²) in [7, 11) is 0. The van der Waals surface area contributed by atoms with Crippen LogP contribution in [-0.4, -0.2) is 22.3 Å². The Morgan fingerprint density at radius 3 is 2.61 bits per heavy atom. The van der Waals surface area contributed by atoms with Crippen molar-refractivity contribution in [3.63, 3.8) is 0 Å². The first kappa shape index (κ1) is 30.8. The van der Waals surface area contributed by atoms with E-state index in [1.54, 1.807) is 23.3 Å². The standard InChI is InChI=1S/C33H38N4OS3/c1-6-8-11-22-39-36-28-18-13-19-29(34-28)41-37-32-35-30(27-17-10-9-14-24(27)7-2)31(40-32)25-15-12-16-26(23-25)38-21-20-33(3,4)5/h6-7,9-10,12-19,23H,1-2,8,11,20-22H2,3-5H3,(H,34,36)(H,35,37). The Hall–Kier alpha value is -3.20. The number of nitrogens with zero attached hydrogens (tertiary/aromatic N) is 2. The summed E-state index contributed by atoms with van der Waals surface area (Å²) in [6, 6.07) is 22.5. The van der Waals surface area contributed by atoms with Crippen LogP contribution in [0.4, 0.5) is 10.9 Å². The number of hydrogen-bond acceptors (Lipinski definition) is 8. The largest absolute Gasteiger partial charge is 0.494 e. The molecule has 0 atom stereocenters. The van der Waals surface area contributed by atoms with E-state index in [4.69, 9.17) is 14.7 Å². The molecular formula is C33H38N4OS3. The van der Waals surface area contributed by atoms with Gasteiger partial charge >= 0.3 is 0 Å². The molecule has 8 heteroatoms. The predicted octanol–water partition coefficient (Wildman–Crippen LogP) is 10.5. The number of aromatic nitrogens is 2. The first-order chi connectivity index (χ1) is 19.9. The maximum absolute atomic E-state index is 6.13. The molecular weight excluding hydrogens is 565 g/mol. The summed E-state index contributed by atoms with van der Waals surface area (Å²) in [5.41, 5.74) is 4.30. The number of thiazole rings is 1. The molecule has 0 spiro atoms. The van der Waals surface area contributed by atoms with Gasteiger partial charge in [0.15, 0.2) is 5.13 Å². The summed E-state index contributed by atoms with van der Waals surface area (Å²) in [6.07, 6.45) is 6.92. The Bertz CT molecular complexity index is 1440. The Labute approximate surface area is 257 Å². The van der Waals surface area contributed by atoms with Crippen LogP contribution >= 0.6 is 35.2 Å². The van der Waals surface area contributed by atoms with Gasteiger partial charge in [0.2, 0.25) is 0 Å². The molecule has 0 amide bonds. The van der Waals surface area contributed by atoms with Gasteiger partial charge in [-0.15, -0.1) is 6.58 Å². The number of benzene rings is 2. The van der Waals surface area contributed by atoms with Crippen LogP contribution in [0.5, 0.6) is 5.75 Å². The monoisotopic (exact) mass is 602 g/mol. The summed E-state index contributed by atoms with van der Waals surface area (Å²) in [6.45, 7) is 15.2. The van der Waals surface area contributed by atoms with E-state index in [0.29, 0.717) is 6.61 Å². The molecule has 0 aliphatic carbocycles. The molecule has 4 aromatic rings. The van der Waals surface area contributed by atoms with Crippen molar-refractivity contribution in [1.29, 1.82) is 0 Å². The van der Waals surface area contributed by atoms with E-state index in [-0.39, 0.29) is 5.41 Å². The lowest BCUT2D eigenvalue weighted by atomic mass is 9.93. The van der Waals surface area contributed by atoms with Crippen molar-refractivity contribution in [3.05, 3.63) is 91.5 Å². The molecule has 0 saturated carbocycles. The van der Waals surface area contributed by atoms with Crippen LogP contribution in [0.25, 0.3) is 27.8 Å². The van der Waals surface area contributed by atoms with Crippen molar-refractivity contribution in [3.8, 4) is 27.4 Å². The normalized spacial score (nSPS) is 11.2. The Kier molecular flexibility index (Phi) is 11.4. The molecule has 0 unspecified atom stereocenters. The number of rotatable bonds is 15. The summed E-state index contributed by atoms with van der Waals surface area (Å²) in [5, 5.41) is 1.66. The fourth-order valence-corrected chi connectivity index (χ4v) is 6.21. The van der Waals surface area contributed by atoms with Crippen LogP contribution < -0.4 is 14.2 Å². The third-order valence-corrected chi connectivity index (χ3v) is 8.81. The minimum absolute atomic E-state index is 0.226. The predicted molar refractivity (Wildman–Crippen MR) is 182 cm³/mol. The van der Waals surface area contributed by atoms with Gasteiger partial charge in [-0.1, -0.05) is 105 Å². The summed E-state index contributed by atoms with van der Waals surface area (Å²) < 4.78 is 12.9. The number of nitrogens with one attached hydrogen (secondary N) is 2. The summed E-state index contributed by atoms with van der Waals surface area (Å²) >= 11 is 4.74. The molecule has 2 heterocycles. The van der Waals surface area contributed by atoms with E-state index < -0.39 is 0 Å². The third-order valence-electron chi connectivity index (χ3n) is 6.08.